The van der Waals surface area contributed by atoms with Crippen molar-refractivity contribution in [3.8, 4) is 34.1 Å². The van der Waals surface area contributed by atoms with Gasteiger partial charge in [-0.05, 0) is 135 Å². The SMILES string of the molecule is CC(=O)OC[C@@]1(C)C2C[C@H](O)[C@@]3(C)Oc4cc(-c5cccnc5)oc(=O)c4[C@H](O)C3[C@@]2(C)CC[C@@H]1C.CC(=O)OC[C@@]1(C)C2C[C@H](OC(=O)c3ccc(N)cc3)[C@@]3(C)Oc4cc(-c5cccnc5)oc(=O)c4[C@H](O)C3[C@@]2(C)CC[C@@H]1C.I. The highest BCUT2D eigenvalue weighted by molar-refractivity contribution is 14.0. The van der Waals surface area contributed by atoms with Crippen LogP contribution in [0.2, 0.25) is 0 Å². The largest absolute Gasteiger partial charge is 0.484 e. The van der Waals surface area contributed by atoms with Gasteiger partial charge in [0.05, 0.1) is 37.1 Å². The van der Waals surface area contributed by atoms with Gasteiger partial charge in [0.25, 0.3) is 0 Å². The van der Waals surface area contributed by atoms with E-state index >= 15 is 0 Å². The molecule has 5 aromatic rings. The minimum atomic E-state index is -1.28. The van der Waals surface area contributed by atoms with E-state index in [0.717, 1.165) is 25.7 Å². The maximum absolute atomic E-state index is 13.6. The number of ether oxygens (including phenoxy) is 5. The van der Waals surface area contributed by atoms with Crippen molar-refractivity contribution in [3.05, 3.63) is 123 Å². The molecule has 18 nitrogen and oxygen atoms in total. The highest BCUT2D eigenvalue weighted by Gasteiger charge is 2.71. The van der Waals surface area contributed by atoms with Crippen molar-refractivity contribution in [3.63, 3.8) is 0 Å². The lowest BCUT2D eigenvalue weighted by Crippen LogP contribution is -2.70. The number of nitrogens with zero attached hydrogens (tertiary/aromatic N) is 2. The van der Waals surface area contributed by atoms with Crippen molar-refractivity contribution in [2.45, 2.75) is 143 Å². The van der Waals surface area contributed by atoms with E-state index in [1.54, 1.807) is 85.5 Å². The third-order valence-corrected chi connectivity index (χ3v) is 20.8. The van der Waals surface area contributed by atoms with Crippen LogP contribution in [0.25, 0.3) is 22.6 Å². The van der Waals surface area contributed by atoms with Crippen LogP contribution in [0.1, 0.15) is 141 Å². The molecule has 6 aliphatic rings. The van der Waals surface area contributed by atoms with Gasteiger partial charge in [-0.1, -0.05) is 41.5 Å². The number of nitrogens with two attached hydrogens (primary N) is 1. The number of aliphatic hydroxyl groups excluding tert-OH is 3. The first-order valence-corrected chi connectivity index (χ1v) is 28.1. The molecule has 4 aromatic heterocycles. The molecule has 0 spiro atoms. The first kappa shape index (κ1) is 60.4. The zero-order valence-electron chi connectivity index (χ0n) is 48.1. The zero-order valence-corrected chi connectivity index (χ0v) is 50.5. The molecule has 0 radical (unpaired) electrons. The molecule has 440 valence electrons. The van der Waals surface area contributed by atoms with Crippen molar-refractivity contribution >= 4 is 47.6 Å². The summed E-state index contributed by atoms with van der Waals surface area (Å²) in [7, 11) is 0. The van der Waals surface area contributed by atoms with E-state index in [1.165, 1.54) is 13.8 Å². The summed E-state index contributed by atoms with van der Waals surface area (Å²) in [6.45, 7) is 19.6. The minimum absolute atomic E-state index is 0. The number of benzene rings is 1. The highest BCUT2D eigenvalue weighted by atomic mass is 127. The predicted octanol–water partition coefficient (Wildman–Crippen LogP) is 9.84. The summed E-state index contributed by atoms with van der Waals surface area (Å²) in [6.07, 6.45) is 6.21. The number of carbonyl (C=O) groups excluding carboxylic acids is 3. The molecule has 4 unspecified atom stereocenters. The van der Waals surface area contributed by atoms with E-state index in [0.29, 0.717) is 35.2 Å². The Morgan fingerprint density at radius 3 is 1.54 bits per heavy atom. The third kappa shape index (κ3) is 10.0. The van der Waals surface area contributed by atoms with Gasteiger partial charge < -0.3 is 53.6 Å². The molecule has 16 atom stereocenters. The molecule has 0 bridgehead atoms. The van der Waals surface area contributed by atoms with Crippen molar-refractivity contribution in [2.24, 2.45) is 57.2 Å². The molecule has 19 heteroatoms. The van der Waals surface area contributed by atoms with Crippen LogP contribution in [-0.2, 0) is 23.8 Å². The third-order valence-electron chi connectivity index (χ3n) is 20.8. The van der Waals surface area contributed by atoms with Crippen molar-refractivity contribution < 1.29 is 62.2 Å². The average Bonchev–Trinajstić information content (AvgIpc) is 0.779. The van der Waals surface area contributed by atoms with Crippen molar-refractivity contribution in [2.75, 3.05) is 18.9 Å². The summed E-state index contributed by atoms with van der Waals surface area (Å²) in [5.41, 5.74) is 2.29. The highest BCUT2D eigenvalue weighted by Crippen LogP contribution is 2.70. The van der Waals surface area contributed by atoms with Crippen LogP contribution in [0.15, 0.2) is 104 Å². The maximum Gasteiger partial charge on any atom is 0.345 e. The Morgan fingerprint density at radius 2 is 1.10 bits per heavy atom. The van der Waals surface area contributed by atoms with Gasteiger partial charge in [0.1, 0.15) is 51.5 Å². The molecule has 0 amide bonds. The lowest BCUT2D eigenvalue weighted by atomic mass is 9.41. The molecule has 4 fully saturated rings. The Morgan fingerprint density at radius 1 is 0.659 bits per heavy atom. The number of hydrogen-bond donors (Lipinski definition) is 4. The Labute approximate surface area is 493 Å². The van der Waals surface area contributed by atoms with Crippen LogP contribution < -0.4 is 26.5 Å². The summed E-state index contributed by atoms with van der Waals surface area (Å²) in [6, 6.07) is 16.7. The quantitative estimate of drug-likeness (QED) is 0.0487. The molecule has 4 saturated carbocycles. The molecular weight excluding hydrogens is 1170 g/mol. The summed E-state index contributed by atoms with van der Waals surface area (Å²) < 4.78 is 42.1. The second kappa shape index (κ2) is 22.1. The number of rotatable bonds is 8. The molecule has 82 heavy (non-hydrogen) atoms. The van der Waals surface area contributed by atoms with Crippen molar-refractivity contribution in [1.82, 2.24) is 9.97 Å². The van der Waals surface area contributed by atoms with Crippen LogP contribution >= 0.6 is 24.0 Å². The van der Waals surface area contributed by atoms with E-state index in [-0.39, 0.29) is 107 Å². The number of hydrogen-bond acceptors (Lipinski definition) is 18. The fraction of sp³-hybridized carbons (Fsp3) is 0.540. The number of carbonyl (C=O) groups is 3. The number of anilines is 1. The number of nitrogen functional groups attached to an aromatic ring is 1. The van der Waals surface area contributed by atoms with Gasteiger partial charge in [-0.3, -0.25) is 19.6 Å². The van der Waals surface area contributed by atoms with Crippen LogP contribution in [0, 0.1) is 57.2 Å². The normalized spacial score (nSPS) is 35.6. The van der Waals surface area contributed by atoms with Gasteiger partial charge in [-0.25, -0.2) is 14.4 Å². The summed E-state index contributed by atoms with van der Waals surface area (Å²) >= 11 is 0. The number of aliphatic hydroxyl groups is 3. The van der Waals surface area contributed by atoms with Gasteiger partial charge in [-0.2, -0.15) is 0 Å². The van der Waals surface area contributed by atoms with E-state index in [2.05, 4.69) is 51.5 Å². The van der Waals surface area contributed by atoms with Gasteiger partial charge >= 0.3 is 29.2 Å². The number of pyridine rings is 2. The number of halogens is 1. The van der Waals surface area contributed by atoms with Gasteiger partial charge in [0.15, 0.2) is 0 Å². The monoisotopic (exact) mass is 1240 g/mol. The van der Waals surface area contributed by atoms with Crippen LogP contribution in [0.3, 0.4) is 0 Å². The molecule has 1 aromatic carbocycles. The maximum atomic E-state index is 13.6. The topological polar surface area (TPSA) is 270 Å². The van der Waals surface area contributed by atoms with E-state index in [1.807, 2.05) is 13.8 Å². The fourth-order valence-corrected chi connectivity index (χ4v) is 16.1. The molecular formula is C63H76IN3O15. The summed E-state index contributed by atoms with van der Waals surface area (Å²) in [5.74, 6) is -1.40. The number of aromatic nitrogens is 2. The first-order chi connectivity index (χ1) is 38.2. The second-order valence-corrected chi connectivity index (χ2v) is 25.3. The Balaban J connectivity index is 0.000000200. The smallest absolute Gasteiger partial charge is 0.345 e. The minimum Gasteiger partial charge on any atom is -0.484 e. The molecule has 11 rings (SSSR count). The van der Waals surface area contributed by atoms with E-state index < -0.39 is 86.3 Å². The molecule has 5 N–H and O–H groups in total. The second-order valence-electron chi connectivity index (χ2n) is 25.3. The van der Waals surface area contributed by atoms with Gasteiger partial charge in [0.2, 0.25) is 0 Å². The Hall–Kier alpha value is -6.16. The molecule has 2 aliphatic heterocycles. The zero-order chi connectivity index (χ0) is 58.4. The van der Waals surface area contributed by atoms with E-state index in [4.69, 9.17) is 38.3 Å². The van der Waals surface area contributed by atoms with Crippen LogP contribution in [-0.4, -0.2) is 79.8 Å². The molecule has 6 heterocycles. The molecule has 4 aliphatic carbocycles. The van der Waals surface area contributed by atoms with E-state index in [9.17, 15) is 39.3 Å². The standard InChI is InChI=1S/C35H40N2O8.C28H35NO7.HI/c1-19-12-13-33(3)26(34(19,4)18-42-20(2)38)16-27(44-31(40)21-8-10-23(36)11-9-21)35(5)30(33)29(39)28-25(45-35)15-24(43-32(28)41)22-7-6-14-37-17-22;1-15-8-9-26(3)20(27(15,4)14-34-16(2)30)12-21(31)28(5)24(26)23(32)22-19(36-28)11-18(35-25(22)33)17-7-6-10-29-13-17;/h6-11,14-15,17,19,26-27,29-30,39H,12-13,16,18,36H2,1-5H3;6-7,10-11,13,15,20-21,23-24,31-32H,8-9,12,14H2,1-5H3;1H/t19-,26?,27-,29-,30?,33-,34+,35+;15-,20?,21-,23-,24?,26-,27+,28+;/m00./s1. The number of esters is 3. The van der Waals surface area contributed by atoms with Crippen LogP contribution in [0.4, 0.5) is 5.69 Å². The summed E-state index contributed by atoms with van der Waals surface area (Å²) in [4.78, 5) is 72.3. The Bertz CT molecular complexity index is 3340. The van der Waals surface area contributed by atoms with Gasteiger partial charge in [0, 0.05) is 90.2 Å². The summed E-state index contributed by atoms with van der Waals surface area (Å²) in [5, 5.41) is 35.6. The van der Waals surface area contributed by atoms with Crippen molar-refractivity contribution in [1.29, 1.82) is 0 Å². The lowest BCUT2D eigenvalue weighted by Gasteiger charge is -2.66. The fourth-order valence-electron chi connectivity index (χ4n) is 16.1. The first-order valence-electron chi connectivity index (χ1n) is 28.1. The van der Waals surface area contributed by atoms with Gasteiger partial charge in [-0.15, -0.1) is 24.0 Å². The number of fused-ring (bicyclic) bond motifs is 8. The lowest BCUT2D eigenvalue weighted by molar-refractivity contribution is -0.257. The predicted molar refractivity (Wildman–Crippen MR) is 312 cm³/mol. The van der Waals surface area contributed by atoms with Crippen LogP contribution in [0.5, 0.6) is 11.5 Å². The average molecular weight is 1240 g/mol. The Kier molecular flexibility index (Phi) is 16.3. The molecule has 0 saturated heterocycles.